The van der Waals surface area contributed by atoms with Crippen LogP contribution in [-0.2, 0) is 4.79 Å². The van der Waals surface area contributed by atoms with E-state index in [2.05, 4.69) is 43.1 Å². The molecule has 0 radical (unpaired) electrons. The first-order valence-electron chi connectivity index (χ1n) is 6.79. The molecule has 1 aliphatic rings. The molecular formula is C17H17O2P. The lowest BCUT2D eigenvalue weighted by Crippen LogP contribution is -2.20. The van der Waals surface area contributed by atoms with Crippen LogP contribution in [0.2, 0.25) is 0 Å². The summed E-state index contributed by atoms with van der Waals surface area (Å²) >= 11 is 0. The third kappa shape index (κ3) is 2.21. The third-order valence-corrected chi connectivity index (χ3v) is 6.39. The van der Waals surface area contributed by atoms with Gasteiger partial charge in [-0.2, -0.15) is 0 Å². The van der Waals surface area contributed by atoms with Crippen molar-refractivity contribution in [3.63, 3.8) is 0 Å². The number of rotatable bonds is 3. The molecule has 0 saturated heterocycles. The molecule has 20 heavy (non-hydrogen) atoms. The van der Waals surface area contributed by atoms with Gasteiger partial charge in [0.05, 0.1) is 0 Å². The van der Waals surface area contributed by atoms with Gasteiger partial charge >= 0.3 is 5.97 Å². The zero-order chi connectivity index (χ0) is 14.1. The van der Waals surface area contributed by atoms with E-state index in [0.29, 0.717) is 6.42 Å². The molecule has 2 aromatic rings. The molecule has 1 heterocycles. The second kappa shape index (κ2) is 5.30. The molecule has 0 saturated carbocycles. The van der Waals surface area contributed by atoms with Gasteiger partial charge in [0.25, 0.3) is 0 Å². The highest BCUT2D eigenvalue weighted by molar-refractivity contribution is 7.57. The first-order valence-corrected chi connectivity index (χ1v) is 8.79. The minimum atomic E-state index is -0.745. The van der Waals surface area contributed by atoms with Crippen LogP contribution in [-0.4, -0.2) is 17.7 Å². The van der Waals surface area contributed by atoms with Crippen LogP contribution in [0, 0.1) is 4.94 Å². The highest BCUT2D eigenvalue weighted by Crippen LogP contribution is 2.30. The summed E-state index contributed by atoms with van der Waals surface area (Å²) < 4.78 is 0. The van der Waals surface area contributed by atoms with Crippen molar-refractivity contribution < 1.29 is 9.90 Å². The molecule has 0 aliphatic carbocycles. The van der Waals surface area contributed by atoms with Crippen LogP contribution >= 0.6 is 7.55 Å². The number of carbonyl (C=O) groups is 1. The van der Waals surface area contributed by atoms with Crippen molar-refractivity contribution in [2.45, 2.75) is 12.8 Å². The van der Waals surface area contributed by atoms with Crippen LogP contribution in [0.3, 0.4) is 0 Å². The van der Waals surface area contributed by atoms with E-state index in [1.807, 2.05) is 12.1 Å². The van der Waals surface area contributed by atoms with Gasteiger partial charge < -0.3 is 5.11 Å². The van der Waals surface area contributed by atoms with E-state index in [0.717, 1.165) is 0 Å². The van der Waals surface area contributed by atoms with Crippen molar-refractivity contribution in [2.24, 2.45) is 0 Å². The van der Waals surface area contributed by atoms with Crippen LogP contribution in [0.25, 0.3) is 5.57 Å². The molecule has 0 amide bonds. The Bertz CT molecular complexity index is 806. The lowest BCUT2D eigenvalue weighted by atomic mass is 9.98. The maximum absolute atomic E-state index is 10.9. The summed E-state index contributed by atoms with van der Waals surface area (Å²) in [5.41, 5.74) is 2.44. The van der Waals surface area contributed by atoms with Crippen LogP contribution in [0.1, 0.15) is 18.4 Å². The summed E-state index contributed by atoms with van der Waals surface area (Å²) in [5.74, 6) is -0.736. The molecule has 1 N–H and O–H groups in total. The summed E-state index contributed by atoms with van der Waals surface area (Å²) in [5, 5.41) is 11.6. The van der Waals surface area contributed by atoms with E-state index < -0.39 is 13.5 Å². The van der Waals surface area contributed by atoms with Gasteiger partial charge in [0, 0.05) is 6.42 Å². The molecule has 0 aromatic heterocycles. The topological polar surface area (TPSA) is 37.3 Å². The molecule has 0 bridgehead atoms. The predicted molar refractivity (Wildman–Crippen MR) is 84.6 cm³/mol. The lowest BCUT2D eigenvalue weighted by molar-refractivity contribution is -0.136. The fourth-order valence-corrected chi connectivity index (χ4v) is 5.20. The van der Waals surface area contributed by atoms with Crippen molar-refractivity contribution in [3.8, 4) is 0 Å². The van der Waals surface area contributed by atoms with Gasteiger partial charge in [-0.15, -0.1) is 0 Å². The summed E-state index contributed by atoms with van der Waals surface area (Å²) in [7, 11) is -0.745. The summed E-state index contributed by atoms with van der Waals surface area (Å²) in [6, 6.07) is 16.9. The van der Waals surface area contributed by atoms with Crippen molar-refractivity contribution >= 4 is 24.4 Å². The quantitative estimate of drug-likeness (QED) is 0.879. The fourth-order valence-electron chi connectivity index (χ4n) is 2.94. The van der Waals surface area contributed by atoms with Gasteiger partial charge in [-0.25, -0.2) is 0 Å². The van der Waals surface area contributed by atoms with Crippen LogP contribution in [0.15, 0.2) is 48.5 Å². The Hall–Kier alpha value is -1.79. The van der Waals surface area contributed by atoms with E-state index >= 15 is 0 Å². The summed E-state index contributed by atoms with van der Waals surface area (Å²) in [4.78, 5) is 12.3. The molecule has 102 valence electrons. The lowest BCUT2D eigenvalue weighted by Gasteiger charge is -2.19. The SMILES string of the molecule is C[PH]1=c2ccccc2=C(CCC(=O)O)c2ccccc21. The Labute approximate surface area is 118 Å². The van der Waals surface area contributed by atoms with Gasteiger partial charge in [0.15, 0.2) is 0 Å². The average molecular weight is 284 g/mol. The molecule has 0 spiro atoms. The number of aliphatic carboxylic acids is 1. The second-order valence-electron chi connectivity index (χ2n) is 5.09. The van der Waals surface area contributed by atoms with E-state index in [1.165, 1.54) is 26.6 Å². The van der Waals surface area contributed by atoms with Crippen molar-refractivity contribution in [1.82, 2.24) is 0 Å². The Balaban J connectivity index is 2.32. The highest BCUT2D eigenvalue weighted by Gasteiger charge is 2.15. The van der Waals surface area contributed by atoms with Gasteiger partial charge in [-0.1, -0.05) is 56.1 Å². The molecule has 0 fully saturated rings. The van der Waals surface area contributed by atoms with Crippen molar-refractivity contribution in [1.29, 1.82) is 0 Å². The van der Waals surface area contributed by atoms with Crippen LogP contribution < -0.4 is 10.5 Å². The molecule has 3 heteroatoms. The Morgan fingerprint density at radius 1 is 1.10 bits per heavy atom. The second-order valence-corrected chi connectivity index (χ2v) is 7.42. The zero-order valence-electron chi connectivity index (χ0n) is 11.4. The molecule has 2 aromatic carbocycles. The summed E-state index contributed by atoms with van der Waals surface area (Å²) in [6.07, 6.45) is 0.780. The number of benzene rings is 2. The first-order chi connectivity index (χ1) is 9.68. The largest absolute Gasteiger partial charge is 0.481 e. The number of carboxylic acids is 1. The smallest absolute Gasteiger partial charge is 0.303 e. The Morgan fingerprint density at radius 2 is 1.80 bits per heavy atom. The van der Waals surface area contributed by atoms with Gasteiger partial charge in [0.2, 0.25) is 0 Å². The maximum atomic E-state index is 10.9. The Morgan fingerprint density at radius 3 is 2.60 bits per heavy atom. The molecular weight excluding hydrogens is 267 g/mol. The normalized spacial score (nSPS) is 16.4. The minimum Gasteiger partial charge on any atom is -0.481 e. The third-order valence-electron chi connectivity index (χ3n) is 3.90. The number of carboxylic acid groups (broad SMARTS) is 1. The van der Waals surface area contributed by atoms with Crippen LogP contribution in [0.4, 0.5) is 0 Å². The van der Waals surface area contributed by atoms with Gasteiger partial charge in [-0.05, 0) is 39.7 Å². The Kier molecular flexibility index (Phi) is 3.50. The van der Waals surface area contributed by atoms with Gasteiger partial charge in [-0.3, -0.25) is 4.79 Å². The van der Waals surface area contributed by atoms with E-state index in [4.69, 9.17) is 5.11 Å². The standard InChI is InChI=1S/C17H17O2P/c1-20-15-8-4-2-6-13(15)12(10-11-17(18)19)14-7-3-5-9-16(14)20/h2-9,20H,10-11H2,1H3,(H,18,19). The van der Waals surface area contributed by atoms with Crippen LogP contribution in [0.5, 0.6) is 0 Å². The number of fused-ring (bicyclic) bond motifs is 2. The van der Waals surface area contributed by atoms with Gasteiger partial charge in [0.1, 0.15) is 0 Å². The number of hydrogen-bond donors (Lipinski definition) is 1. The maximum Gasteiger partial charge on any atom is 0.303 e. The van der Waals surface area contributed by atoms with E-state index in [-0.39, 0.29) is 6.42 Å². The van der Waals surface area contributed by atoms with E-state index in [9.17, 15) is 4.79 Å². The van der Waals surface area contributed by atoms with Crippen molar-refractivity contribution in [3.05, 3.63) is 64.3 Å². The molecule has 1 aliphatic heterocycles. The summed E-state index contributed by atoms with van der Waals surface area (Å²) in [6.45, 7) is 2.32. The molecule has 1 atom stereocenters. The van der Waals surface area contributed by atoms with Crippen molar-refractivity contribution in [2.75, 3.05) is 6.66 Å². The highest BCUT2D eigenvalue weighted by atomic mass is 31.1. The molecule has 3 rings (SSSR count). The molecule has 1 unspecified atom stereocenters. The molecule has 2 nitrogen and oxygen atoms in total. The first kappa shape index (κ1) is 13.2. The fraction of sp³-hybridized carbons (Fsp3) is 0.176. The number of hydrogen-bond acceptors (Lipinski definition) is 1. The average Bonchev–Trinajstić information content (AvgIpc) is 2.47. The minimum absolute atomic E-state index is 0.184. The monoisotopic (exact) mass is 284 g/mol. The zero-order valence-corrected chi connectivity index (χ0v) is 12.4. The van der Waals surface area contributed by atoms with E-state index in [1.54, 1.807) is 0 Å². The predicted octanol–water partition coefficient (Wildman–Crippen LogP) is 2.48.